The largest absolute Gasteiger partial charge is 0.423 e. The van der Waals surface area contributed by atoms with E-state index in [2.05, 4.69) is 17.5 Å². The van der Waals surface area contributed by atoms with Gasteiger partial charge in [0, 0.05) is 28.1 Å². The third kappa shape index (κ3) is 11.7. The Morgan fingerprint density at radius 1 is 0.714 bits per heavy atom. The summed E-state index contributed by atoms with van der Waals surface area (Å²) in [6, 6.07) is 17.0. The molecule has 3 rings (SSSR count). The van der Waals surface area contributed by atoms with Gasteiger partial charge < -0.3 is 9.47 Å². The second kappa shape index (κ2) is 18.0. The van der Waals surface area contributed by atoms with Gasteiger partial charge in [-0.1, -0.05) is 81.5 Å². The molecule has 0 bridgehead atoms. The molecule has 0 atom stereocenters. The molecule has 0 saturated heterocycles. The van der Waals surface area contributed by atoms with Crippen LogP contribution in [0.15, 0.2) is 71.8 Å². The molecule has 3 aromatic carbocycles. The Balaban J connectivity index is 1.60. The van der Waals surface area contributed by atoms with Gasteiger partial charge in [-0.25, -0.2) is 15.0 Å². The van der Waals surface area contributed by atoms with E-state index in [-0.39, 0.29) is 23.0 Å². The van der Waals surface area contributed by atoms with E-state index in [0.717, 1.165) is 19.3 Å². The van der Waals surface area contributed by atoms with Gasteiger partial charge in [-0.2, -0.15) is 5.10 Å². The van der Waals surface area contributed by atoms with Gasteiger partial charge in [0.05, 0.1) is 17.3 Å². The molecule has 0 aliphatic carbocycles. The molecule has 9 heteroatoms. The maximum atomic E-state index is 12.8. The first-order chi connectivity index (χ1) is 20.4. The van der Waals surface area contributed by atoms with Crippen LogP contribution in [-0.2, 0) is 4.79 Å². The van der Waals surface area contributed by atoms with Crippen LogP contribution in [0.3, 0.4) is 0 Å². The van der Waals surface area contributed by atoms with Crippen molar-refractivity contribution in [3.63, 3.8) is 0 Å². The highest BCUT2D eigenvalue weighted by Gasteiger charge is 2.15. The fraction of sp³-hybridized carbons (Fsp3) is 0.333. The molecule has 42 heavy (non-hydrogen) atoms. The van der Waals surface area contributed by atoms with Crippen LogP contribution in [0.25, 0.3) is 0 Å². The predicted molar refractivity (Wildman–Crippen MR) is 167 cm³/mol. The topological polar surface area (TPSA) is 94.1 Å². The van der Waals surface area contributed by atoms with Crippen LogP contribution in [0.1, 0.15) is 97.4 Å². The number of ether oxygens (including phenoxy) is 2. The normalized spacial score (nSPS) is 10.9. The molecule has 1 amide bonds. The lowest BCUT2D eigenvalue weighted by molar-refractivity contribution is -0.121. The summed E-state index contributed by atoms with van der Waals surface area (Å²) in [6.07, 6.45) is 12.3. The van der Waals surface area contributed by atoms with Gasteiger partial charge in [-0.3, -0.25) is 4.79 Å². The van der Waals surface area contributed by atoms with Crippen molar-refractivity contribution in [1.29, 1.82) is 0 Å². The molecule has 0 heterocycles. The Labute approximate surface area is 257 Å². The quantitative estimate of drug-likeness (QED) is 0.0574. The zero-order chi connectivity index (χ0) is 30.2. The van der Waals surface area contributed by atoms with Gasteiger partial charge >= 0.3 is 11.9 Å². The van der Waals surface area contributed by atoms with E-state index in [0.29, 0.717) is 27.6 Å². The number of nitrogens with zero attached hydrogens (tertiary/aromatic N) is 1. The molecule has 0 radical (unpaired) electrons. The monoisotopic (exact) mass is 610 g/mol. The molecular weight excluding hydrogens is 575 g/mol. The Morgan fingerprint density at radius 3 is 1.81 bits per heavy atom. The van der Waals surface area contributed by atoms with E-state index in [9.17, 15) is 14.4 Å². The molecule has 3 aromatic rings. The van der Waals surface area contributed by atoms with Crippen LogP contribution < -0.4 is 14.9 Å². The predicted octanol–water partition coefficient (Wildman–Crippen LogP) is 8.80. The SMILES string of the molecule is CCCCCCCCCCCC(=O)N/N=C\c1ccc(OC(=O)c2ccc(Cl)cc2)cc1OC(=O)c1ccc(Cl)cc1. The standard InChI is InChI=1S/C33H36Cl2N2O5/c1-2-3-4-5-6-7-8-9-10-11-31(38)37-36-23-26-16-21-29(41-32(39)24-12-17-27(34)18-13-24)22-30(26)42-33(40)25-14-19-28(35)20-15-25/h12-23H,2-11H2,1H3,(H,37,38)/b36-23-. The smallest absolute Gasteiger partial charge is 0.343 e. The number of hydrogen-bond donors (Lipinski definition) is 1. The van der Waals surface area contributed by atoms with E-state index >= 15 is 0 Å². The van der Waals surface area contributed by atoms with E-state index in [1.807, 2.05) is 0 Å². The lowest BCUT2D eigenvalue weighted by atomic mass is 10.1. The summed E-state index contributed by atoms with van der Waals surface area (Å²) in [7, 11) is 0. The lowest BCUT2D eigenvalue weighted by Gasteiger charge is -2.11. The molecule has 222 valence electrons. The summed E-state index contributed by atoms with van der Waals surface area (Å²) >= 11 is 11.8. The average molecular weight is 612 g/mol. The average Bonchev–Trinajstić information content (AvgIpc) is 2.98. The highest BCUT2D eigenvalue weighted by molar-refractivity contribution is 6.31. The summed E-state index contributed by atoms with van der Waals surface area (Å²) in [4.78, 5) is 37.6. The van der Waals surface area contributed by atoms with E-state index in [1.54, 1.807) is 48.5 Å². The molecule has 7 nitrogen and oxygen atoms in total. The van der Waals surface area contributed by atoms with Crippen molar-refractivity contribution in [1.82, 2.24) is 5.43 Å². The Morgan fingerprint density at radius 2 is 1.24 bits per heavy atom. The minimum absolute atomic E-state index is 0.0910. The Bertz CT molecular complexity index is 1340. The minimum Gasteiger partial charge on any atom is -0.423 e. The van der Waals surface area contributed by atoms with Crippen molar-refractivity contribution in [2.75, 3.05) is 0 Å². The molecular formula is C33H36Cl2N2O5. The number of unbranched alkanes of at least 4 members (excludes halogenated alkanes) is 8. The Kier molecular flexibility index (Phi) is 14.1. The molecule has 0 saturated carbocycles. The fourth-order valence-electron chi connectivity index (χ4n) is 4.10. The van der Waals surface area contributed by atoms with Crippen LogP contribution in [-0.4, -0.2) is 24.1 Å². The van der Waals surface area contributed by atoms with Crippen molar-refractivity contribution in [2.24, 2.45) is 5.10 Å². The first-order valence-electron chi connectivity index (χ1n) is 14.3. The van der Waals surface area contributed by atoms with Crippen molar-refractivity contribution >= 4 is 47.3 Å². The zero-order valence-electron chi connectivity index (χ0n) is 23.7. The third-order valence-electron chi connectivity index (χ3n) is 6.46. The second-order valence-electron chi connectivity index (χ2n) is 9.86. The summed E-state index contributed by atoms with van der Waals surface area (Å²) in [5.74, 6) is -1.19. The van der Waals surface area contributed by atoms with Crippen molar-refractivity contribution in [3.8, 4) is 11.5 Å². The number of hydrogen-bond acceptors (Lipinski definition) is 6. The van der Waals surface area contributed by atoms with Gasteiger partial charge in [0.2, 0.25) is 5.91 Å². The van der Waals surface area contributed by atoms with Crippen LogP contribution in [0.2, 0.25) is 10.0 Å². The number of benzene rings is 3. The third-order valence-corrected chi connectivity index (χ3v) is 6.96. The maximum absolute atomic E-state index is 12.8. The van der Waals surface area contributed by atoms with E-state index in [1.165, 1.54) is 62.9 Å². The number of esters is 2. The summed E-state index contributed by atoms with van der Waals surface area (Å²) in [6.45, 7) is 2.21. The van der Waals surface area contributed by atoms with Crippen LogP contribution in [0.4, 0.5) is 0 Å². The number of halogens is 2. The number of nitrogens with one attached hydrogen (secondary N) is 1. The van der Waals surface area contributed by atoms with E-state index < -0.39 is 11.9 Å². The molecule has 0 spiro atoms. The molecule has 0 aliphatic rings. The number of rotatable bonds is 16. The molecule has 0 aromatic heterocycles. The first kappa shape index (κ1) is 32.8. The van der Waals surface area contributed by atoms with Gasteiger partial charge in [-0.15, -0.1) is 0 Å². The number of amides is 1. The van der Waals surface area contributed by atoms with E-state index in [4.69, 9.17) is 32.7 Å². The first-order valence-corrected chi connectivity index (χ1v) is 15.0. The van der Waals surface area contributed by atoms with Gasteiger partial charge in [-0.05, 0) is 67.1 Å². The summed E-state index contributed by atoms with van der Waals surface area (Å²) < 4.78 is 11.1. The maximum Gasteiger partial charge on any atom is 0.343 e. The highest BCUT2D eigenvalue weighted by Crippen LogP contribution is 2.26. The molecule has 0 unspecified atom stereocenters. The van der Waals surface area contributed by atoms with Gasteiger partial charge in [0.15, 0.2) is 0 Å². The molecule has 0 fully saturated rings. The molecule has 1 N–H and O–H groups in total. The van der Waals surface area contributed by atoms with Crippen molar-refractivity contribution < 1.29 is 23.9 Å². The fourth-order valence-corrected chi connectivity index (χ4v) is 4.35. The number of hydrazone groups is 1. The number of carbonyl (C=O) groups is 3. The van der Waals surface area contributed by atoms with Crippen molar-refractivity contribution in [2.45, 2.75) is 71.1 Å². The van der Waals surface area contributed by atoms with Gasteiger partial charge in [0.25, 0.3) is 0 Å². The summed E-state index contributed by atoms with van der Waals surface area (Å²) in [5, 5.41) is 5.02. The van der Waals surface area contributed by atoms with Crippen LogP contribution in [0.5, 0.6) is 11.5 Å². The highest BCUT2D eigenvalue weighted by atomic mass is 35.5. The zero-order valence-corrected chi connectivity index (χ0v) is 25.3. The minimum atomic E-state index is -0.642. The second-order valence-corrected chi connectivity index (χ2v) is 10.7. The van der Waals surface area contributed by atoms with Crippen LogP contribution >= 0.6 is 23.2 Å². The number of carbonyl (C=O) groups excluding carboxylic acids is 3. The van der Waals surface area contributed by atoms with Gasteiger partial charge in [0.1, 0.15) is 11.5 Å². The Hall–Kier alpha value is -3.68. The summed E-state index contributed by atoms with van der Waals surface area (Å²) in [5.41, 5.74) is 3.51. The van der Waals surface area contributed by atoms with Crippen LogP contribution in [0, 0.1) is 0 Å². The lowest BCUT2D eigenvalue weighted by Crippen LogP contribution is -2.17. The molecule has 0 aliphatic heterocycles. The van der Waals surface area contributed by atoms with Crippen molar-refractivity contribution in [3.05, 3.63) is 93.5 Å².